The zero-order valence-corrected chi connectivity index (χ0v) is 16.5. The van der Waals surface area contributed by atoms with Crippen molar-refractivity contribution in [3.63, 3.8) is 0 Å². The van der Waals surface area contributed by atoms with Crippen LogP contribution in [0.3, 0.4) is 0 Å². The van der Waals surface area contributed by atoms with Crippen molar-refractivity contribution in [1.82, 2.24) is 0 Å². The minimum Gasteiger partial charge on any atom is -0.489 e. The van der Waals surface area contributed by atoms with E-state index in [4.69, 9.17) is 16.3 Å². The van der Waals surface area contributed by atoms with Crippen LogP contribution in [0.25, 0.3) is 0 Å². The summed E-state index contributed by atoms with van der Waals surface area (Å²) in [6.07, 6.45) is 0. The molecule has 0 aliphatic rings. The molecule has 1 N–H and O–H groups in total. The smallest absolute Gasteiger partial charge is 0.271 e. The first-order valence-corrected chi connectivity index (χ1v) is 9.32. The van der Waals surface area contributed by atoms with Gasteiger partial charge < -0.3 is 10.1 Å². The molecule has 0 unspecified atom stereocenters. The molecular formula is C20H16BrClN2O3. The molecule has 0 amide bonds. The van der Waals surface area contributed by atoms with Crippen LogP contribution in [0.1, 0.15) is 11.1 Å². The summed E-state index contributed by atoms with van der Waals surface area (Å²) in [6.45, 7) is 0.888. The highest BCUT2D eigenvalue weighted by atomic mass is 79.9. The Kier molecular flexibility index (Phi) is 6.32. The lowest BCUT2D eigenvalue weighted by Crippen LogP contribution is -2.04. The Bertz CT molecular complexity index is 948. The summed E-state index contributed by atoms with van der Waals surface area (Å²) in [7, 11) is 0. The van der Waals surface area contributed by atoms with Crippen LogP contribution >= 0.6 is 27.5 Å². The van der Waals surface area contributed by atoms with Crippen LogP contribution in [0.5, 0.6) is 5.75 Å². The number of ether oxygens (including phenoxy) is 1. The van der Waals surface area contributed by atoms with E-state index in [0.717, 1.165) is 21.3 Å². The van der Waals surface area contributed by atoms with Gasteiger partial charge in [-0.15, -0.1) is 0 Å². The maximum absolute atomic E-state index is 10.9. The average molecular weight is 448 g/mol. The molecule has 27 heavy (non-hydrogen) atoms. The maximum Gasteiger partial charge on any atom is 0.271 e. The molecule has 5 nitrogen and oxygen atoms in total. The van der Waals surface area contributed by atoms with Gasteiger partial charge in [0.05, 0.1) is 4.92 Å². The van der Waals surface area contributed by atoms with Crippen molar-refractivity contribution < 1.29 is 9.66 Å². The zero-order valence-electron chi connectivity index (χ0n) is 14.2. The van der Waals surface area contributed by atoms with E-state index in [2.05, 4.69) is 21.2 Å². The summed E-state index contributed by atoms with van der Waals surface area (Å²) in [6, 6.07) is 19.7. The number of halogens is 2. The van der Waals surface area contributed by atoms with E-state index in [9.17, 15) is 10.1 Å². The molecule has 7 heteroatoms. The molecule has 3 aromatic rings. The number of rotatable bonds is 7. The SMILES string of the molecule is O=[N+]([O-])c1cccc(NCc2cc(Br)ccc2OCc2ccc(Cl)cc2)c1. The zero-order chi connectivity index (χ0) is 19.2. The second-order valence-corrected chi connectivity index (χ2v) is 7.18. The molecule has 0 fully saturated rings. The highest BCUT2D eigenvalue weighted by molar-refractivity contribution is 9.10. The van der Waals surface area contributed by atoms with Crippen molar-refractivity contribution in [1.29, 1.82) is 0 Å². The Morgan fingerprint density at radius 2 is 1.85 bits per heavy atom. The number of nitrogens with zero attached hydrogens (tertiary/aromatic N) is 1. The van der Waals surface area contributed by atoms with Crippen LogP contribution in [-0.2, 0) is 13.2 Å². The van der Waals surface area contributed by atoms with E-state index in [1.54, 1.807) is 12.1 Å². The van der Waals surface area contributed by atoms with E-state index in [1.807, 2.05) is 42.5 Å². The third-order valence-electron chi connectivity index (χ3n) is 3.87. The summed E-state index contributed by atoms with van der Waals surface area (Å²) in [5.41, 5.74) is 2.67. The molecule has 0 aliphatic carbocycles. The van der Waals surface area contributed by atoms with Crippen molar-refractivity contribution in [2.75, 3.05) is 5.32 Å². The van der Waals surface area contributed by atoms with Crippen molar-refractivity contribution >= 4 is 38.9 Å². The Morgan fingerprint density at radius 1 is 1.07 bits per heavy atom. The molecule has 3 rings (SSSR count). The van der Waals surface area contributed by atoms with Gasteiger partial charge in [0.15, 0.2) is 0 Å². The van der Waals surface area contributed by atoms with Crippen molar-refractivity contribution in [2.45, 2.75) is 13.2 Å². The Balaban J connectivity index is 1.71. The summed E-state index contributed by atoms with van der Waals surface area (Å²) in [5.74, 6) is 0.742. The number of non-ortho nitro benzene ring substituents is 1. The molecule has 0 saturated carbocycles. The number of hydrogen-bond donors (Lipinski definition) is 1. The summed E-state index contributed by atoms with van der Waals surface area (Å²) in [5, 5.41) is 14.8. The summed E-state index contributed by atoms with van der Waals surface area (Å²) < 4.78 is 6.88. The standard InChI is InChI=1S/C20H16BrClN2O3/c21-16-6-9-20(27-13-14-4-7-17(22)8-5-14)15(10-16)12-23-18-2-1-3-19(11-18)24(25)26/h1-11,23H,12-13H2. The molecule has 0 atom stereocenters. The van der Waals surface area contributed by atoms with E-state index in [1.165, 1.54) is 12.1 Å². The fourth-order valence-electron chi connectivity index (χ4n) is 2.50. The number of hydrogen-bond acceptors (Lipinski definition) is 4. The quantitative estimate of drug-likeness (QED) is 0.346. The van der Waals surface area contributed by atoms with Gasteiger partial charge in [0.2, 0.25) is 0 Å². The lowest BCUT2D eigenvalue weighted by molar-refractivity contribution is -0.384. The maximum atomic E-state index is 10.9. The van der Waals surface area contributed by atoms with Crippen LogP contribution < -0.4 is 10.1 Å². The van der Waals surface area contributed by atoms with Gasteiger partial charge in [0, 0.05) is 39.4 Å². The Morgan fingerprint density at radius 3 is 2.59 bits per heavy atom. The number of benzene rings is 3. The first-order valence-electron chi connectivity index (χ1n) is 8.15. The van der Waals surface area contributed by atoms with Gasteiger partial charge in [-0.05, 0) is 42.0 Å². The number of nitrogens with one attached hydrogen (secondary N) is 1. The molecule has 138 valence electrons. The second kappa shape index (κ2) is 8.88. The molecule has 0 bridgehead atoms. The van der Waals surface area contributed by atoms with Gasteiger partial charge in [0.25, 0.3) is 5.69 Å². The van der Waals surface area contributed by atoms with Gasteiger partial charge in [0.1, 0.15) is 12.4 Å². The first-order chi connectivity index (χ1) is 13.0. The van der Waals surface area contributed by atoms with Crippen molar-refractivity contribution in [3.05, 3.63) is 97.5 Å². The fraction of sp³-hybridized carbons (Fsp3) is 0.100. The molecule has 0 heterocycles. The number of anilines is 1. The van der Waals surface area contributed by atoms with Crippen molar-refractivity contribution in [2.24, 2.45) is 0 Å². The molecule has 0 aromatic heterocycles. The minimum atomic E-state index is -0.412. The van der Waals surface area contributed by atoms with Crippen LogP contribution in [0.4, 0.5) is 11.4 Å². The predicted octanol–water partition coefficient (Wildman–Crippen LogP) is 6.20. The summed E-state index contributed by atoms with van der Waals surface area (Å²) >= 11 is 9.38. The molecule has 0 saturated heterocycles. The third kappa shape index (κ3) is 5.45. The Hall–Kier alpha value is -2.57. The lowest BCUT2D eigenvalue weighted by Gasteiger charge is -2.14. The van der Waals surface area contributed by atoms with E-state index >= 15 is 0 Å². The monoisotopic (exact) mass is 446 g/mol. The van der Waals surface area contributed by atoms with Crippen molar-refractivity contribution in [3.8, 4) is 5.75 Å². The number of nitro groups is 1. The molecule has 0 radical (unpaired) electrons. The second-order valence-electron chi connectivity index (χ2n) is 5.83. The molecule has 0 spiro atoms. The van der Waals surface area contributed by atoms with Crippen LogP contribution in [-0.4, -0.2) is 4.92 Å². The fourth-order valence-corrected chi connectivity index (χ4v) is 3.03. The highest BCUT2D eigenvalue weighted by Crippen LogP contribution is 2.26. The van der Waals surface area contributed by atoms with Gasteiger partial charge in [-0.1, -0.05) is 45.7 Å². The van der Waals surface area contributed by atoms with Crippen LogP contribution in [0, 0.1) is 10.1 Å². The molecule has 3 aromatic carbocycles. The molecular weight excluding hydrogens is 432 g/mol. The summed E-state index contributed by atoms with van der Waals surface area (Å²) in [4.78, 5) is 10.5. The minimum absolute atomic E-state index is 0.0495. The van der Waals surface area contributed by atoms with Gasteiger partial charge in [-0.2, -0.15) is 0 Å². The van der Waals surface area contributed by atoms with E-state index in [0.29, 0.717) is 23.9 Å². The van der Waals surface area contributed by atoms with Gasteiger partial charge in [-0.3, -0.25) is 10.1 Å². The lowest BCUT2D eigenvalue weighted by atomic mass is 10.2. The Labute approximate surface area is 170 Å². The number of nitro benzene ring substituents is 1. The van der Waals surface area contributed by atoms with Crippen LogP contribution in [0.15, 0.2) is 71.2 Å². The third-order valence-corrected chi connectivity index (χ3v) is 4.62. The van der Waals surface area contributed by atoms with Crippen LogP contribution in [0.2, 0.25) is 5.02 Å². The first kappa shape index (κ1) is 19.2. The van der Waals surface area contributed by atoms with E-state index in [-0.39, 0.29) is 5.69 Å². The van der Waals surface area contributed by atoms with E-state index < -0.39 is 4.92 Å². The molecule has 0 aliphatic heterocycles. The predicted molar refractivity (Wildman–Crippen MR) is 110 cm³/mol. The average Bonchev–Trinajstić information content (AvgIpc) is 2.67. The van der Waals surface area contributed by atoms with Gasteiger partial charge in [-0.25, -0.2) is 0 Å². The normalized spacial score (nSPS) is 10.4. The largest absolute Gasteiger partial charge is 0.489 e. The topological polar surface area (TPSA) is 64.4 Å². The van der Waals surface area contributed by atoms with Gasteiger partial charge >= 0.3 is 0 Å². The highest BCUT2D eigenvalue weighted by Gasteiger charge is 2.08.